The average Bonchev–Trinajstić information content (AvgIpc) is 2.71. The predicted octanol–water partition coefficient (Wildman–Crippen LogP) is 3.75. The normalized spacial score (nSPS) is 12.0. The summed E-state index contributed by atoms with van der Waals surface area (Å²) in [6.45, 7) is 0.603. The lowest BCUT2D eigenvalue weighted by atomic mass is 10.1. The zero-order valence-electron chi connectivity index (χ0n) is 16.3. The number of halogens is 3. The first-order valence-corrected chi connectivity index (χ1v) is 8.88. The molecule has 0 aliphatic rings. The van der Waals surface area contributed by atoms with Crippen molar-refractivity contribution in [3.05, 3.63) is 65.7 Å². The summed E-state index contributed by atoms with van der Waals surface area (Å²) >= 11 is 0. The van der Waals surface area contributed by atoms with Gasteiger partial charge in [0, 0.05) is 12.5 Å². The van der Waals surface area contributed by atoms with Gasteiger partial charge in [-0.15, -0.1) is 0 Å². The van der Waals surface area contributed by atoms with Crippen molar-refractivity contribution in [2.45, 2.75) is 32.2 Å². The maximum atomic E-state index is 13.7. The molecule has 0 heterocycles. The van der Waals surface area contributed by atoms with Gasteiger partial charge in [-0.25, -0.2) is 0 Å². The Hall–Kier alpha value is -3.36. The van der Waals surface area contributed by atoms with Crippen LogP contribution >= 0.6 is 0 Å². The fourth-order valence-electron chi connectivity index (χ4n) is 2.68. The first kappa shape index (κ1) is 22.9. The van der Waals surface area contributed by atoms with Gasteiger partial charge in [0.05, 0.1) is 13.5 Å². The number of esters is 1. The molecule has 1 atom stereocenters. The lowest BCUT2D eigenvalue weighted by molar-refractivity contribution is -0.189. The van der Waals surface area contributed by atoms with Crippen LogP contribution in [0.4, 0.5) is 13.2 Å². The molecule has 0 aliphatic carbocycles. The highest BCUT2D eigenvalue weighted by atomic mass is 19.4. The highest BCUT2D eigenvalue weighted by molar-refractivity contribution is 6.04. The van der Waals surface area contributed by atoms with E-state index in [-0.39, 0.29) is 17.1 Å². The molecular formula is C21H20F3NO5. The van der Waals surface area contributed by atoms with Crippen LogP contribution in [0.2, 0.25) is 0 Å². The van der Waals surface area contributed by atoms with Crippen LogP contribution < -0.4 is 4.74 Å². The van der Waals surface area contributed by atoms with E-state index in [9.17, 15) is 27.6 Å². The summed E-state index contributed by atoms with van der Waals surface area (Å²) in [7, 11) is 1.39. The maximum absolute atomic E-state index is 13.7. The molecule has 0 spiro atoms. The molecule has 2 aromatic carbocycles. The number of carbonyl (C=O) groups excluding carboxylic acids is 3. The molecule has 6 nitrogen and oxygen atoms in total. The second-order valence-corrected chi connectivity index (χ2v) is 6.33. The Morgan fingerprint density at radius 3 is 2.10 bits per heavy atom. The molecule has 0 bridgehead atoms. The fraction of sp³-hybridized carbons (Fsp3) is 0.286. The first-order valence-electron chi connectivity index (χ1n) is 8.88. The van der Waals surface area contributed by atoms with E-state index in [1.807, 2.05) is 0 Å². The van der Waals surface area contributed by atoms with Gasteiger partial charge in [-0.05, 0) is 29.8 Å². The molecule has 0 saturated heterocycles. The number of alkyl halides is 3. The van der Waals surface area contributed by atoms with Gasteiger partial charge in [-0.3, -0.25) is 19.3 Å². The summed E-state index contributed by atoms with van der Waals surface area (Å²) in [6.07, 6.45) is -6.24. The van der Waals surface area contributed by atoms with Crippen LogP contribution in [-0.4, -0.2) is 42.0 Å². The zero-order chi connectivity index (χ0) is 22.3. The molecule has 160 valence electrons. The van der Waals surface area contributed by atoms with Crippen molar-refractivity contribution >= 4 is 17.8 Å². The lowest BCUT2D eigenvalue weighted by Crippen LogP contribution is -2.52. The van der Waals surface area contributed by atoms with Crippen molar-refractivity contribution in [3.8, 4) is 5.75 Å². The molecule has 0 N–H and O–H groups in total. The number of benzene rings is 2. The molecule has 1 unspecified atom stereocenters. The van der Waals surface area contributed by atoms with Gasteiger partial charge < -0.3 is 9.47 Å². The van der Waals surface area contributed by atoms with Gasteiger partial charge in [0.2, 0.25) is 5.91 Å². The molecule has 2 amide bonds. The van der Waals surface area contributed by atoms with E-state index in [2.05, 4.69) is 0 Å². The summed E-state index contributed by atoms with van der Waals surface area (Å²) in [5.74, 6) is -3.12. The quantitative estimate of drug-likeness (QED) is 0.635. The lowest BCUT2D eigenvalue weighted by Gasteiger charge is -2.30. The van der Waals surface area contributed by atoms with Crippen molar-refractivity contribution in [1.82, 2.24) is 4.90 Å². The summed E-state index contributed by atoms with van der Waals surface area (Å²) in [6, 6.07) is 11.0. The van der Waals surface area contributed by atoms with Gasteiger partial charge in [0.15, 0.2) is 0 Å². The molecule has 0 fully saturated rings. The minimum Gasteiger partial charge on any atom is -0.497 e. The third-order valence-electron chi connectivity index (χ3n) is 4.19. The van der Waals surface area contributed by atoms with Crippen LogP contribution in [-0.2, 0) is 20.9 Å². The van der Waals surface area contributed by atoms with Crippen LogP contribution in [0.3, 0.4) is 0 Å². The number of nitrogens with zero attached hydrogens (tertiary/aromatic N) is 1. The molecular weight excluding hydrogens is 403 g/mol. The van der Waals surface area contributed by atoms with Crippen molar-refractivity contribution in [2.75, 3.05) is 7.11 Å². The Labute approximate surface area is 171 Å². The van der Waals surface area contributed by atoms with Gasteiger partial charge in [0.25, 0.3) is 5.91 Å². The van der Waals surface area contributed by atoms with Gasteiger partial charge in [0.1, 0.15) is 18.4 Å². The third-order valence-corrected chi connectivity index (χ3v) is 4.19. The Morgan fingerprint density at radius 2 is 1.60 bits per heavy atom. The molecule has 0 saturated carbocycles. The van der Waals surface area contributed by atoms with E-state index in [4.69, 9.17) is 9.47 Å². The number of ether oxygens (including phenoxy) is 2. The second kappa shape index (κ2) is 9.91. The third kappa shape index (κ3) is 6.07. The van der Waals surface area contributed by atoms with Gasteiger partial charge in [-0.1, -0.05) is 30.3 Å². The molecule has 0 radical (unpaired) electrons. The number of amides is 2. The van der Waals surface area contributed by atoms with Crippen LogP contribution in [0.15, 0.2) is 54.6 Å². The second-order valence-electron chi connectivity index (χ2n) is 6.33. The Balaban J connectivity index is 2.21. The minimum absolute atomic E-state index is 0.0333. The molecule has 2 rings (SSSR count). The number of hydrogen-bond acceptors (Lipinski definition) is 5. The number of imide groups is 1. The summed E-state index contributed by atoms with van der Waals surface area (Å²) in [4.78, 5) is 36.7. The average molecular weight is 423 g/mol. The summed E-state index contributed by atoms with van der Waals surface area (Å²) in [5, 5.41) is 0. The molecule has 30 heavy (non-hydrogen) atoms. The minimum atomic E-state index is -5.03. The number of methoxy groups -OCH3 is 1. The number of carbonyl (C=O) groups is 3. The zero-order valence-corrected chi connectivity index (χ0v) is 16.3. The molecule has 0 aromatic heterocycles. The highest BCUT2D eigenvalue weighted by Gasteiger charge is 2.48. The molecule has 9 heteroatoms. The van der Waals surface area contributed by atoms with E-state index >= 15 is 0 Å². The van der Waals surface area contributed by atoms with Gasteiger partial charge in [-0.2, -0.15) is 13.2 Å². The summed E-state index contributed by atoms with van der Waals surface area (Å²) < 4.78 is 50.9. The monoisotopic (exact) mass is 423 g/mol. The first-order chi connectivity index (χ1) is 14.1. The Kier molecular flexibility index (Phi) is 7.57. The van der Waals surface area contributed by atoms with Crippen molar-refractivity contribution in [1.29, 1.82) is 0 Å². The molecule has 2 aromatic rings. The standard InChI is InChI=1S/C21H20F3NO5/c1-14(26)25(20(28)16-8-10-17(29-2)11-9-16)18(21(22,23)24)12-19(27)30-13-15-6-4-3-5-7-15/h3-11,18H,12-13H2,1-2H3. The van der Waals surface area contributed by atoms with Crippen molar-refractivity contribution < 1.29 is 37.0 Å². The molecule has 0 aliphatic heterocycles. The number of hydrogen-bond donors (Lipinski definition) is 0. The topological polar surface area (TPSA) is 72.9 Å². The van der Waals surface area contributed by atoms with E-state index in [1.54, 1.807) is 30.3 Å². The largest absolute Gasteiger partial charge is 0.497 e. The van der Waals surface area contributed by atoms with Crippen molar-refractivity contribution in [2.24, 2.45) is 0 Å². The highest BCUT2D eigenvalue weighted by Crippen LogP contribution is 2.29. The predicted molar refractivity (Wildman–Crippen MR) is 101 cm³/mol. The van der Waals surface area contributed by atoms with E-state index in [0.29, 0.717) is 11.3 Å². The Morgan fingerprint density at radius 1 is 1.00 bits per heavy atom. The van der Waals surface area contributed by atoms with E-state index < -0.39 is 36.4 Å². The fourth-order valence-corrected chi connectivity index (χ4v) is 2.68. The Bertz CT molecular complexity index is 882. The van der Waals surface area contributed by atoms with E-state index in [1.165, 1.54) is 31.4 Å². The summed E-state index contributed by atoms with van der Waals surface area (Å²) in [5.41, 5.74) is 0.435. The smallest absolute Gasteiger partial charge is 0.409 e. The van der Waals surface area contributed by atoms with Crippen LogP contribution in [0.5, 0.6) is 5.75 Å². The van der Waals surface area contributed by atoms with Crippen molar-refractivity contribution in [3.63, 3.8) is 0 Å². The maximum Gasteiger partial charge on any atom is 0.409 e. The van der Waals surface area contributed by atoms with Crippen LogP contribution in [0, 0.1) is 0 Å². The van der Waals surface area contributed by atoms with E-state index in [0.717, 1.165) is 6.92 Å². The van der Waals surface area contributed by atoms with Crippen LogP contribution in [0.25, 0.3) is 0 Å². The van der Waals surface area contributed by atoms with Gasteiger partial charge >= 0.3 is 12.1 Å². The number of rotatable bonds is 7. The van der Waals surface area contributed by atoms with Crippen LogP contribution in [0.1, 0.15) is 29.3 Å². The SMILES string of the molecule is COc1ccc(C(=O)N(C(C)=O)C(CC(=O)OCc2ccccc2)C(F)(F)F)cc1.